The summed E-state index contributed by atoms with van der Waals surface area (Å²) >= 11 is 0. The first kappa shape index (κ1) is 31.9. The average molecular weight is 716 g/mol. The normalized spacial score (nSPS) is 11.6. The number of nitrogens with zero attached hydrogens (tertiary/aromatic N) is 3. The van der Waals surface area contributed by atoms with Crippen LogP contribution in [-0.4, -0.2) is 14.5 Å². The second kappa shape index (κ2) is 13.1. The summed E-state index contributed by atoms with van der Waals surface area (Å²) in [5.41, 5.74) is 15.3. The minimum atomic E-state index is 0.651. The van der Waals surface area contributed by atoms with Crippen LogP contribution < -0.4 is 0 Å². The van der Waals surface area contributed by atoms with Crippen LogP contribution in [0.25, 0.3) is 106 Å². The minimum Gasteiger partial charge on any atom is -0.452 e. The molecule has 11 rings (SSSR count). The summed E-state index contributed by atoms with van der Waals surface area (Å²) in [5, 5.41) is 3.38. The molecule has 0 radical (unpaired) electrons. The number of benzene rings is 8. The Bertz CT molecular complexity index is 3250. The van der Waals surface area contributed by atoms with Gasteiger partial charge < -0.3 is 8.98 Å². The molecule has 4 heteroatoms. The van der Waals surface area contributed by atoms with E-state index in [9.17, 15) is 0 Å². The molecule has 0 atom stereocenters. The monoisotopic (exact) mass is 715 g/mol. The molecule has 4 nitrogen and oxygen atoms in total. The maximum Gasteiger partial charge on any atom is 0.180 e. The van der Waals surface area contributed by atoms with E-state index < -0.39 is 0 Å². The maximum atomic E-state index is 6.50. The number of hydrogen-bond donors (Lipinski definition) is 0. The molecule has 8 aromatic carbocycles. The Morgan fingerprint density at radius 2 is 0.964 bits per heavy atom. The molecule has 0 aliphatic carbocycles. The van der Waals surface area contributed by atoms with Gasteiger partial charge in [0, 0.05) is 33.0 Å². The first-order chi connectivity index (χ1) is 27.8. The molecule has 0 fully saturated rings. The molecule has 0 unspecified atom stereocenters. The average Bonchev–Trinajstić information content (AvgIpc) is 3.83. The molecule has 0 aliphatic rings. The van der Waals surface area contributed by atoms with E-state index in [1.165, 1.54) is 27.4 Å². The fourth-order valence-electron chi connectivity index (χ4n) is 8.21. The highest BCUT2D eigenvalue weighted by Gasteiger charge is 2.20. The highest BCUT2D eigenvalue weighted by Crippen LogP contribution is 2.41. The Morgan fingerprint density at radius 1 is 0.393 bits per heavy atom. The van der Waals surface area contributed by atoms with Crippen molar-refractivity contribution in [1.29, 1.82) is 0 Å². The fourth-order valence-corrected chi connectivity index (χ4v) is 8.21. The van der Waals surface area contributed by atoms with Crippen LogP contribution in [0.3, 0.4) is 0 Å². The zero-order valence-corrected chi connectivity index (χ0v) is 30.3. The Morgan fingerprint density at radius 3 is 1.77 bits per heavy atom. The van der Waals surface area contributed by atoms with Gasteiger partial charge in [-0.25, -0.2) is 9.97 Å². The van der Waals surface area contributed by atoms with E-state index >= 15 is 0 Å². The Kier molecular flexibility index (Phi) is 7.46. The van der Waals surface area contributed by atoms with Gasteiger partial charge in [0.05, 0.1) is 11.0 Å². The standard InChI is InChI=1S/C52H33N3O/c1-3-15-34(16-4-1)36-19-11-22-39(31-36)49-51-50(44-26-8-10-30-47(44)56-51)54-52(53-49)40-23-12-21-38(32-40)42-27-14-29-46-48(42)43-25-7-9-28-45(43)55(46)41-24-13-20-37(33-41)35-17-5-2-6-18-35/h1-33H. The zero-order valence-electron chi connectivity index (χ0n) is 30.3. The van der Waals surface area contributed by atoms with Gasteiger partial charge in [-0.05, 0) is 81.9 Å². The lowest BCUT2D eigenvalue weighted by molar-refractivity contribution is 0.667. The van der Waals surface area contributed by atoms with Crippen LogP contribution in [0.15, 0.2) is 205 Å². The third-order valence-corrected chi connectivity index (χ3v) is 10.8. The summed E-state index contributed by atoms with van der Waals surface area (Å²) in [4.78, 5) is 10.5. The molecule has 0 amide bonds. The van der Waals surface area contributed by atoms with Crippen molar-refractivity contribution in [3.05, 3.63) is 200 Å². The number of aromatic nitrogens is 3. The van der Waals surface area contributed by atoms with E-state index in [-0.39, 0.29) is 0 Å². The largest absolute Gasteiger partial charge is 0.452 e. The van der Waals surface area contributed by atoms with Gasteiger partial charge in [-0.3, -0.25) is 0 Å². The maximum absolute atomic E-state index is 6.50. The van der Waals surface area contributed by atoms with Gasteiger partial charge in [0.2, 0.25) is 0 Å². The highest BCUT2D eigenvalue weighted by atomic mass is 16.3. The smallest absolute Gasteiger partial charge is 0.180 e. The van der Waals surface area contributed by atoms with Crippen molar-refractivity contribution in [2.45, 2.75) is 0 Å². The number of para-hydroxylation sites is 2. The molecule has 0 spiro atoms. The van der Waals surface area contributed by atoms with Gasteiger partial charge in [-0.1, -0.05) is 152 Å². The first-order valence-electron chi connectivity index (χ1n) is 18.9. The number of hydrogen-bond acceptors (Lipinski definition) is 3. The van der Waals surface area contributed by atoms with Gasteiger partial charge in [-0.2, -0.15) is 0 Å². The van der Waals surface area contributed by atoms with E-state index in [4.69, 9.17) is 14.4 Å². The van der Waals surface area contributed by atoms with Crippen molar-refractivity contribution >= 4 is 43.9 Å². The zero-order chi connectivity index (χ0) is 37.0. The predicted molar refractivity (Wildman–Crippen MR) is 231 cm³/mol. The molecule has 0 aliphatic heterocycles. The quantitative estimate of drug-likeness (QED) is 0.172. The lowest BCUT2D eigenvalue weighted by Crippen LogP contribution is -1.95. The second-order valence-corrected chi connectivity index (χ2v) is 14.2. The molecule has 56 heavy (non-hydrogen) atoms. The minimum absolute atomic E-state index is 0.651. The SMILES string of the molecule is c1ccc(-c2cccc(-c3nc(-c4cccc(-c5cccc6c5c5ccccc5n6-c5cccc(-c6ccccc6)c5)c4)nc4c3oc3ccccc34)c2)cc1. The van der Waals surface area contributed by atoms with Gasteiger partial charge in [0.25, 0.3) is 0 Å². The molecule has 0 N–H and O–H groups in total. The van der Waals surface area contributed by atoms with Crippen LogP contribution in [0.4, 0.5) is 0 Å². The van der Waals surface area contributed by atoms with Gasteiger partial charge in [-0.15, -0.1) is 0 Å². The van der Waals surface area contributed by atoms with Gasteiger partial charge in [0.15, 0.2) is 11.4 Å². The molecule has 11 aromatic rings. The Hall–Kier alpha value is -7.56. The van der Waals surface area contributed by atoms with E-state index in [0.29, 0.717) is 11.4 Å². The number of fused-ring (bicyclic) bond motifs is 6. The van der Waals surface area contributed by atoms with Crippen LogP contribution in [0, 0.1) is 0 Å². The van der Waals surface area contributed by atoms with Crippen molar-refractivity contribution in [1.82, 2.24) is 14.5 Å². The molecular weight excluding hydrogens is 683 g/mol. The summed E-state index contributed by atoms with van der Waals surface area (Å²) in [5.74, 6) is 0.651. The van der Waals surface area contributed by atoms with Crippen LogP contribution in [-0.2, 0) is 0 Å². The van der Waals surface area contributed by atoms with E-state index in [1.54, 1.807) is 0 Å². The van der Waals surface area contributed by atoms with Crippen molar-refractivity contribution in [3.63, 3.8) is 0 Å². The Labute approximate surface area is 323 Å². The fraction of sp³-hybridized carbons (Fsp3) is 0. The van der Waals surface area contributed by atoms with Crippen molar-refractivity contribution in [2.24, 2.45) is 0 Å². The first-order valence-corrected chi connectivity index (χ1v) is 18.9. The lowest BCUT2D eigenvalue weighted by atomic mass is 9.97. The molecule has 262 valence electrons. The highest BCUT2D eigenvalue weighted by molar-refractivity contribution is 6.16. The molecule has 0 bridgehead atoms. The van der Waals surface area contributed by atoms with Crippen LogP contribution in [0.5, 0.6) is 0 Å². The molecule has 3 heterocycles. The summed E-state index contributed by atoms with van der Waals surface area (Å²) in [7, 11) is 0. The molecule has 0 saturated carbocycles. The van der Waals surface area contributed by atoms with Crippen LogP contribution in [0.2, 0.25) is 0 Å². The Balaban J connectivity index is 1.09. The lowest BCUT2D eigenvalue weighted by Gasteiger charge is -2.11. The predicted octanol–water partition coefficient (Wildman–Crippen LogP) is 13.8. The topological polar surface area (TPSA) is 43.9 Å². The molecule has 3 aromatic heterocycles. The second-order valence-electron chi connectivity index (χ2n) is 14.2. The van der Waals surface area contributed by atoms with Crippen LogP contribution >= 0.6 is 0 Å². The van der Waals surface area contributed by atoms with Crippen molar-refractivity contribution in [2.75, 3.05) is 0 Å². The number of furan rings is 1. The summed E-state index contributed by atoms with van der Waals surface area (Å²) in [6, 6.07) is 70.4. The van der Waals surface area contributed by atoms with Crippen molar-refractivity contribution in [3.8, 4) is 61.7 Å². The van der Waals surface area contributed by atoms with E-state index in [2.05, 4.69) is 180 Å². The van der Waals surface area contributed by atoms with Crippen molar-refractivity contribution < 1.29 is 4.42 Å². The summed E-state index contributed by atoms with van der Waals surface area (Å²) < 4.78 is 8.89. The number of rotatable bonds is 6. The summed E-state index contributed by atoms with van der Waals surface area (Å²) in [6.07, 6.45) is 0. The molecule has 0 saturated heterocycles. The molecular formula is C52H33N3O. The third kappa shape index (κ3) is 5.31. The van der Waals surface area contributed by atoms with Crippen LogP contribution in [0.1, 0.15) is 0 Å². The summed E-state index contributed by atoms with van der Waals surface area (Å²) in [6.45, 7) is 0. The third-order valence-electron chi connectivity index (χ3n) is 10.8. The van der Waals surface area contributed by atoms with E-state index in [0.717, 1.165) is 66.8 Å². The van der Waals surface area contributed by atoms with Gasteiger partial charge >= 0.3 is 0 Å². The van der Waals surface area contributed by atoms with Gasteiger partial charge in [0.1, 0.15) is 16.8 Å². The van der Waals surface area contributed by atoms with E-state index in [1.807, 2.05) is 24.3 Å².